The van der Waals surface area contributed by atoms with E-state index in [9.17, 15) is 0 Å². The zero-order chi connectivity index (χ0) is 10.4. The molecule has 1 heteroatoms. The zero-order valence-corrected chi connectivity index (χ0v) is 9.29. The van der Waals surface area contributed by atoms with Crippen LogP contribution in [-0.2, 0) is 13.0 Å². The molecule has 1 aromatic carbocycles. The van der Waals surface area contributed by atoms with Crippen LogP contribution in [0.3, 0.4) is 0 Å². The van der Waals surface area contributed by atoms with Crippen molar-refractivity contribution in [3.63, 3.8) is 0 Å². The maximum absolute atomic E-state index is 5.54. The minimum absolute atomic E-state index is 0.644. The monoisotopic (exact) mass is 191 g/mol. The van der Waals surface area contributed by atoms with E-state index in [4.69, 9.17) is 5.73 Å². The Morgan fingerprint density at radius 1 is 1.14 bits per heavy atom. The number of benzene rings is 1. The van der Waals surface area contributed by atoms with Gasteiger partial charge in [-0.3, -0.25) is 0 Å². The number of aryl methyl sites for hydroxylation is 1. The molecule has 2 N–H and O–H groups in total. The molecule has 0 bridgehead atoms. The standard InChI is InChI=1S/C13H21N/c1-3-11(2)4-5-12-6-8-13(10-14)9-7-12/h6-9,11H,3-5,10,14H2,1-2H3. The van der Waals surface area contributed by atoms with Crippen molar-refractivity contribution in [2.75, 3.05) is 0 Å². The Labute approximate surface area is 87.3 Å². The Morgan fingerprint density at radius 2 is 1.71 bits per heavy atom. The van der Waals surface area contributed by atoms with Gasteiger partial charge in [0, 0.05) is 6.54 Å². The van der Waals surface area contributed by atoms with Gasteiger partial charge >= 0.3 is 0 Å². The average molecular weight is 191 g/mol. The molecule has 0 saturated carbocycles. The fourth-order valence-electron chi connectivity index (χ4n) is 1.46. The molecule has 0 aliphatic heterocycles. The topological polar surface area (TPSA) is 26.0 Å². The first-order chi connectivity index (χ1) is 6.76. The SMILES string of the molecule is CCC(C)CCc1ccc(CN)cc1. The molecule has 14 heavy (non-hydrogen) atoms. The third-order valence-corrected chi connectivity index (χ3v) is 2.88. The molecule has 1 rings (SSSR count). The predicted octanol–water partition coefficient (Wildman–Crippen LogP) is 3.12. The van der Waals surface area contributed by atoms with Crippen LogP contribution >= 0.6 is 0 Å². The molecule has 0 aliphatic rings. The van der Waals surface area contributed by atoms with Gasteiger partial charge in [0.25, 0.3) is 0 Å². The van der Waals surface area contributed by atoms with E-state index in [1.807, 2.05) is 0 Å². The fraction of sp³-hybridized carbons (Fsp3) is 0.538. The zero-order valence-electron chi connectivity index (χ0n) is 9.29. The van der Waals surface area contributed by atoms with Crippen molar-refractivity contribution in [1.82, 2.24) is 0 Å². The predicted molar refractivity (Wildman–Crippen MR) is 62.1 cm³/mol. The molecule has 0 spiro atoms. The molecule has 78 valence electrons. The first-order valence-electron chi connectivity index (χ1n) is 5.54. The lowest BCUT2D eigenvalue weighted by Gasteiger charge is -2.08. The van der Waals surface area contributed by atoms with Crippen molar-refractivity contribution in [2.45, 2.75) is 39.7 Å². The first-order valence-corrected chi connectivity index (χ1v) is 5.54. The molecule has 0 fully saturated rings. The molecule has 0 amide bonds. The lowest BCUT2D eigenvalue weighted by molar-refractivity contribution is 0.516. The Morgan fingerprint density at radius 3 is 2.21 bits per heavy atom. The number of nitrogens with two attached hydrogens (primary N) is 1. The summed E-state index contributed by atoms with van der Waals surface area (Å²) in [7, 11) is 0. The summed E-state index contributed by atoms with van der Waals surface area (Å²) in [6, 6.07) is 8.66. The van der Waals surface area contributed by atoms with E-state index < -0.39 is 0 Å². The second-order valence-electron chi connectivity index (χ2n) is 4.07. The third-order valence-electron chi connectivity index (χ3n) is 2.88. The molecule has 0 radical (unpaired) electrons. The summed E-state index contributed by atoms with van der Waals surface area (Å²) >= 11 is 0. The van der Waals surface area contributed by atoms with Crippen molar-refractivity contribution in [2.24, 2.45) is 11.7 Å². The van der Waals surface area contributed by atoms with Crippen molar-refractivity contribution in [3.05, 3.63) is 35.4 Å². The average Bonchev–Trinajstić information content (AvgIpc) is 2.26. The van der Waals surface area contributed by atoms with E-state index in [2.05, 4.69) is 38.1 Å². The van der Waals surface area contributed by atoms with Crippen LogP contribution in [-0.4, -0.2) is 0 Å². The lowest BCUT2D eigenvalue weighted by atomic mass is 9.98. The van der Waals surface area contributed by atoms with Crippen LogP contribution in [0.4, 0.5) is 0 Å². The highest BCUT2D eigenvalue weighted by Gasteiger charge is 1.99. The summed E-state index contributed by atoms with van der Waals surface area (Å²) in [6.45, 7) is 5.21. The summed E-state index contributed by atoms with van der Waals surface area (Å²) in [6.07, 6.45) is 3.76. The normalized spacial score (nSPS) is 12.8. The van der Waals surface area contributed by atoms with E-state index in [1.165, 1.54) is 30.4 Å². The van der Waals surface area contributed by atoms with Gasteiger partial charge in [-0.1, -0.05) is 44.5 Å². The first kappa shape index (κ1) is 11.3. The van der Waals surface area contributed by atoms with Gasteiger partial charge in [0.1, 0.15) is 0 Å². The summed E-state index contributed by atoms with van der Waals surface area (Å²) in [4.78, 5) is 0. The van der Waals surface area contributed by atoms with Crippen LogP contribution in [0.15, 0.2) is 24.3 Å². The fourth-order valence-corrected chi connectivity index (χ4v) is 1.46. The molecule has 0 heterocycles. The molecule has 1 nitrogen and oxygen atoms in total. The highest BCUT2D eigenvalue weighted by atomic mass is 14.5. The Kier molecular flexibility index (Phi) is 4.68. The number of hydrogen-bond acceptors (Lipinski definition) is 1. The van der Waals surface area contributed by atoms with Crippen LogP contribution in [0.25, 0.3) is 0 Å². The lowest BCUT2D eigenvalue weighted by Crippen LogP contribution is -1.98. The molecule has 1 unspecified atom stereocenters. The van der Waals surface area contributed by atoms with Gasteiger partial charge in [-0.05, 0) is 29.9 Å². The Hall–Kier alpha value is -0.820. The van der Waals surface area contributed by atoms with Gasteiger partial charge in [0.05, 0.1) is 0 Å². The van der Waals surface area contributed by atoms with Gasteiger partial charge < -0.3 is 5.73 Å². The molecular weight excluding hydrogens is 170 g/mol. The highest BCUT2D eigenvalue weighted by Crippen LogP contribution is 2.12. The van der Waals surface area contributed by atoms with Crippen LogP contribution in [0.1, 0.15) is 37.8 Å². The van der Waals surface area contributed by atoms with Gasteiger partial charge in [0.2, 0.25) is 0 Å². The van der Waals surface area contributed by atoms with E-state index >= 15 is 0 Å². The molecule has 0 saturated heterocycles. The third kappa shape index (κ3) is 3.51. The van der Waals surface area contributed by atoms with Crippen LogP contribution in [0, 0.1) is 5.92 Å². The highest BCUT2D eigenvalue weighted by molar-refractivity contribution is 5.22. The van der Waals surface area contributed by atoms with Gasteiger partial charge in [0.15, 0.2) is 0 Å². The quantitative estimate of drug-likeness (QED) is 0.760. The molecule has 1 atom stereocenters. The summed E-state index contributed by atoms with van der Waals surface area (Å²) in [5.74, 6) is 0.837. The summed E-state index contributed by atoms with van der Waals surface area (Å²) in [5.41, 5.74) is 8.20. The maximum atomic E-state index is 5.54. The second-order valence-corrected chi connectivity index (χ2v) is 4.07. The van der Waals surface area contributed by atoms with Crippen LogP contribution in [0.5, 0.6) is 0 Å². The van der Waals surface area contributed by atoms with E-state index in [0.717, 1.165) is 5.92 Å². The van der Waals surface area contributed by atoms with Crippen LogP contribution in [0.2, 0.25) is 0 Å². The van der Waals surface area contributed by atoms with Gasteiger partial charge in [-0.2, -0.15) is 0 Å². The van der Waals surface area contributed by atoms with Gasteiger partial charge in [-0.25, -0.2) is 0 Å². The Balaban J connectivity index is 2.43. The number of hydrogen-bond donors (Lipinski definition) is 1. The van der Waals surface area contributed by atoms with Crippen molar-refractivity contribution >= 4 is 0 Å². The van der Waals surface area contributed by atoms with Crippen molar-refractivity contribution in [1.29, 1.82) is 0 Å². The minimum Gasteiger partial charge on any atom is -0.326 e. The largest absolute Gasteiger partial charge is 0.326 e. The van der Waals surface area contributed by atoms with E-state index in [1.54, 1.807) is 0 Å². The summed E-state index contributed by atoms with van der Waals surface area (Å²) < 4.78 is 0. The Bertz CT molecular complexity index is 250. The van der Waals surface area contributed by atoms with Gasteiger partial charge in [-0.15, -0.1) is 0 Å². The molecule has 1 aromatic rings. The molecule has 0 aromatic heterocycles. The summed E-state index contributed by atoms with van der Waals surface area (Å²) in [5, 5.41) is 0. The number of rotatable bonds is 5. The van der Waals surface area contributed by atoms with Crippen molar-refractivity contribution < 1.29 is 0 Å². The van der Waals surface area contributed by atoms with E-state index in [-0.39, 0.29) is 0 Å². The molecular formula is C13H21N. The van der Waals surface area contributed by atoms with E-state index in [0.29, 0.717) is 6.54 Å². The second kappa shape index (κ2) is 5.82. The minimum atomic E-state index is 0.644. The molecule has 0 aliphatic carbocycles. The van der Waals surface area contributed by atoms with Crippen LogP contribution < -0.4 is 5.73 Å². The maximum Gasteiger partial charge on any atom is 0.0178 e. The smallest absolute Gasteiger partial charge is 0.0178 e. The van der Waals surface area contributed by atoms with Crippen molar-refractivity contribution in [3.8, 4) is 0 Å².